The molecule has 1 N–H and O–H groups in total. The van der Waals surface area contributed by atoms with E-state index in [1.54, 1.807) is 48.5 Å². The van der Waals surface area contributed by atoms with Crippen molar-refractivity contribution < 1.29 is 14.3 Å². The Hall–Kier alpha value is -2.33. The lowest BCUT2D eigenvalue weighted by molar-refractivity contribution is -0.123. The summed E-state index contributed by atoms with van der Waals surface area (Å²) < 4.78 is 5.48. The number of halogens is 1. The van der Waals surface area contributed by atoms with Gasteiger partial charge in [0.1, 0.15) is 5.75 Å². The molecule has 0 aliphatic heterocycles. The minimum Gasteiger partial charge on any atom is -0.484 e. The Morgan fingerprint density at radius 1 is 1.08 bits per heavy atom. The highest BCUT2D eigenvalue weighted by molar-refractivity contribution is 6.30. The van der Waals surface area contributed by atoms with Crippen molar-refractivity contribution in [3.8, 4) is 5.75 Å². The number of hydrogen-bond donors (Lipinski definition) is 1. The Balaban J connectivity index is 1.53. The van der Waals surface area contributed by atoms with Crippen molar-refractivity contribution in [1.82, 2.24) is 5.32 Å². The molecule has 3 rings (SSSR count). The number of hydrogen-bond acceptors (Lipinski definition) is 3. The Labute approximate surface area is 152 Å². The van der Waals surface area contributed by atoms with Crippen molar-refractivity contribution in [3.05, 3.63) is 64.7 Å². The molecule has 4 nitrogen and oxygen atoms in total. The molecule has 1 fully saturated rings. The van der Waals surface area contributed by atoms with E-state index in [1.807, 2.05) is 6.92 Å². The van der Waals surface area contributed by atoms with Crippen LogP contribution in [0, 0.1) is 5.92 Å². The fourth-order valence-electron chi connectivity index (χ4n) is 2.63. The Morgan fingerprint density at radius 3 is 2.20 bits per heavy atom. The predicted octanol–water partition coefficient (Wildman–Crippen LogP) is 3.86. The Kier molecular flexibility index (Phi) is 5.39. The van der Waals surface area contributed by atoms with Crippen molar-refractivity contribution >= 4 is 23.3 Å². The van der Waals surface area contributed by atoms with Crippen molar-refractivity contribution in [3.63, 3.8) is 0 Å². The van der Waals surface area contributed by atoms with E-state index in [4.69, 9.17) is 16.3 Å². The van der Waals surface area contributed by atoms with Crippen LogP contribution in [0.15, 0.2) is 48.5 Å². The van der Waals surface area contributed by atoms with Gasteiger partial charge in [-0.3, -0.25) is 9.59 Å². The summed E-state index contributed by atoms with van der Waals surface area (Å²) in [6.07, 6.45) is 2.37. The minimum atomic E-state index is -0.124. The first kappa shape index (κ1) is 17.5. The van der Waals surface area contributed by atoms with Gasteiger partial charge < -0.3 is 10.1 Å². The molecule has 2 aromatic rings. The van der Waals surface area contributed by atoms with Crippen LogP contribution in [-0.4, -0.2) is 24.3 Å². The lowest BCUT2D eigenvalue weighted by atomic mass is 10.0. The molecule has 0 bridgehead atoms. The van der Waals surface area contributed by atoms with Gasteiger partial charge in [-0.15, -0.1) is 0 Å². The maximum Gasteiger partial charge on any atom is 0.258 e. The monoisotopic (exact) mass is 357 g/mol. The van der Waals surface area contributed by atoms with Crippen molar-refractivity contribution in [2.24, 2.45) is 5.92 Å². The van der Waals surface area contributed by atoms with Crippen molar-refractivity contribution in [2.75, 3.05) is 6.61 Å². The maximum atomic E-state index is 12.4. The molecule has 1 amide bonds. The Morgan fingerprint density at radius 2 is 1.64 bits per heavy atom. The second-order valence-corrected chi connectivity index (χ2v) is 6.78. The van der Waals surface area contributed by atoms with Crippen LogP contribution in [0.2, 0.25) is 5.02 Å². The van der Waals surface area contributed by atoms with Crippen molar-refractivity contribution in [1.29, 1.82) is 0 Å². The minimum absolute atomic E-state index is 0.0263. The highest BCUT2D eigenvalue weighted by Crippen LogP contribution is 2.32. The van der Waals surface area contributed by atoms with Crippen LogP contribution in [0.3, 0.4) is 0 Å². The van der Waals surface area contributed by atoms with E-state index in [0.29, 0.717) is 27.8 Å². The number of nitrogens with one attached hydrogen (secondary N) is 1. The van der Waals surface area contributed by atoms with Crippen LogP contribution >= 0.6 is 11.6 Å². The third-order valence-corrected chi connectivity index (χ3v) is 4.56. The molecule has 0 unspecified atom stereocenters. The van der Waals surface area contributed by atoms with E-state index >= 15 is 0 Å². The molecule has 0 radical (unpaired) electrons. The summed E-state index contributed by atoms with van der Waals surface area (Å²) in [5, 5.41) is 3.53. The zero-order valence-corrected chi connectivity index (χ0v) is 14.8. The lowest BCUT2D eigenvalue weighted by Crippen LogP contribution is -2.37. The van der Waals surface area contributed by atoms with E-state index in [0.717, 1.165) is 0 Å². The standard InChI is InChI=1S/C20H20ClNO3/c1-13(14-2-3-14)22-19(23)12-25-18-10-6-16(7-11-18)20(24)15-4-8-17(21)9-5-15/h4-11,13-14H,2-3,12H2,1H3,(H,22,23)/t13-/m1/s1. The first-order valence-electron chi connectivity index (χ1n) is 8.35. The summed E-state index contributed by atoms with van der Waals surface area (Å²) in [5.74, 6) is 0.962. The summed E-state index contributed by atoms with van der Waals surface area (Å²) in [5.41, 5.74) is 1.13. The van der Waals surface area contributed by atoms with Gasteiger partial charge in [0.15, 0.2) is 12.4 Å². The van der Waals surface area contributed by atoms with E-state index < -0.39 is 0 Å². The fourth-order valence-corrected chi connectivity index (χ4v) is 2.76. The first-order chi connectivity index (χ1) is 12.0. The third kappa shape index (κ3) is 4.83. The summed E-state index contributed by atoms with van der Waals surface area (Å²) in [6.45, 7) is 1.99. The normalized spacial score (nSPS) is 14.6. The molecule has 1 saturated carbocycles. The average Bonchev–Trinajstić information content (AvgIpc) is 3.46. The number of ether oxygens (including phenoxy) is 1. The van der Waals surface area contributed by atoms with Crippen LogP contribution in [0.25, 0.3) is 0 Å². The number of carbonyl (C=O) groups excluding carboxylic acids is 2. The largest absolute Gasteiger partial charge is 0.484 e. The maximum absolute atomic E-state index is 12.4. The van der Waals surface area contributed by atoms with E-state index in [-0.39, 0.29) is 24.3 Å². The zero-order chi connectivity index (χ0) is 17.8. The predicted molar refractivity (Wildman–Crippen MR) is 97.2 cm³/mol. The van der Waals surface area contributed by atoms with Gasteiger partial charge >= 0.3 is 0 Å². The van der Waals surface area contributed by atoms with Gasteiger partial charge in [0.2, 0.25) is 0 Å². The number of rotatable bonds is 7. The highest BCUT2D eigenvalue weighted by atomic mass is 35.5. The second-order valence-electron chi connectivity index (χ2n) is 6.34. The molecule has 1 atom stereocenters. The molecule has 0 aromatic heterocycles. The van der Waals surface area contributed by atoms with E-state index in [9.17, 15) is 9.59 Å². The summed E-state index contributed by atoms with van der Waals surface area (Å²) in [4.78, 5) is 24.2. The molecule has 25 heavy (non-hydrogen) atoms. The number of ketones is 1. The van der Waals surface area contributed by atoms with Gasteiger partial charge in [0.25, 0.3) is 5.91 Å². The zero-order valence-electron chi connectivity index (χ0n) is 14.0. The molecule has 1 aliphatic rings. The van der Waals surface area contributed by atoms with E-state index in [2.05, 4.69) is 5.32 Å². The van der Waals surface area contributed by atoms with Crippen molar-refractivity contribution in [2.45, 2.75) is 25.8 Å². The highest BCUT2D eigenvalue weighted by Gasteiger charge is 2.28. The summed E-state index contributed by atoms with van der Waals surface area (Å²) in [6, 6.07) is 13.7. The number of benzene rings is 2. The second kappa shape index (κ2) is 7.70. The van der Waals surface area contributed by atoms with Crippen LogP contribution < -0.4 is 10.1 Å². The lowest BCUT2D eigenvalue weighted by Gasteiger charge is -2.13. The molecule has 130 valence electrons. The quantitative estimate of drug-likeness (QED) is 0.765. The summed E-state index contributed by atoms with van der Waals surface area (Å²) >= 11 is 5.84. The van der Waals surface area contributed by atoms with Crippen LogP contribution in [-0.2, 0) is 4.79 Å². The SMILES string of the molecule is C[C@@H](NC(=O)COc1ccc(C(=O)c2ccc(Cl)cc2)cc1)C1CC1. The van der Waals surface area contributed by atoms with Crippen LogP contribution in [0.1, 0.15) is 35.7 Å². The fraction of sp³-hybridized carbons (Fsp3) is 0.300. The molecule has 0 heterocycles. The van der Waals surface area contributed by atoms with Gasteiger partial charge in [-0.25, -0.2) is 0 Å². The molecule has 0 saturated heterocycles. The average molecular weight is 358 g/mol. The first-order valence-corrected chi connectivity index (χ1v) is 8.73. The molecule has 2 aromatic carbocycles. The Bertz CT molecular complexity index is 752. The topological polar surface area (TPSA) is 55.4 Å². The molecule has 5 heteroatoms. The molecule has 0 spiro atoms. The third-order valence-electron chi connectivity index (χ3n) is 4.31. The van der Waals surface area contributed by atoms with Gasteiger partial charge in [-0.1, -0.05) is 11.6 Å². The molecule has 1 aliphatic carbocycles. The van der Waals surface area contributed by atoms with Gasteiger partial charge in [0, 0.05) is 22.2 Å². The van der Waals surface area contributed by atoms with Gasteiger partial charge in [0.05, 0.1) is 0 Å². The summed E-state index contributed by atoms with van der Waals surface area (Å²) in [7, 11) is 0. The van der Waals surface area contributed by atoms with Crippen LogP contribution in [0.5, 0.6) is 5.75 Å². The molecular weight excluding hydrogens is 338 g/mol. The smallest absolute Gasteiger partial charge is 0.258 e. The van der Waals surface area contributed by atoms with Gasteiger partial charge in [-0.05, 0) is 74.2 Å². The van der Waals surface area contributed by atoms with E-state index in [1.165, 1.54) is 12.8 Å². The number of carbonyl (C=O) groups is 2. The number of amides is 1. The van der Waals surface area contributed by atoms with Gasteiger partial charge in [-0.2, -0.15) is 0 Å². The molecular formula is C20H20ClNO3. The van der Waals surface area contributed by atoms with Crippen LogP contribution in [0.4, 0.5) is 0 Å².